The summed E-state index contributed by atoms with van der Waals surface area (Å²) in [4.78, 5) is 8.17. The van der Waals surface area contributed by atoms with Gasteiger partial charge in [-0.2, -0.15) is 0 Å². The van der Waals surface area contributed by atoms with Crippen molar-refractivity contribution in [3.05, 3.63) is 35.6 Å². The first-order chi connectivity index (χ1) is 11.8. The van der Waals surface area contributed by atoms with E-state index < -0.39 is 11.6 Å². The van der Waals surface area contributed by atoms with Crippen molar-refractivity contribution < 1.29 is 13.9 Å². The second-order valence-corrected chi connectivity index (χ2v) is 8.11. The SMILES string of the molecule is C=C1CC[C@]23OC(C)(C)O[C@H]2[C@H](n2cc(F)c4c(Cl)ncnc42)C[C@H]13. The minimum Gasteiger partial charge on any atom is -0.342 e. The smallest absolute Gasteiger partial charge is 0.164 e. The molecule has 1 aliphatic heterocycles. The van der Waals surface area contributed by atoms with Gasteiger partial charge in [-0.25, -0.2) is 14.4 Å². The van der Waals surface area contributed by atoms with Gasteiger partial charge in [0.25, 0.3) is 0 Å². The third-order valence-electron chi connectivity index (χ3n) is 5.95. The molecule has 5 rings (SSSR count). The van der Waals surface area contributed by atoms with Crippen molar-refractivity contribution in [2.45, 2.75) is 56.6 Å². The fourth-order valence-corrected chi connectivity index (χ4v) is 5.33. The summed E-state index contributed by atoms with van der Waals surface area (Å²) in [5.41, 5.74) is 1.31. The highest BCUT2D eigenvalue weighted by molar-refractivity contribution is 6.34. The molecule has 0 aromatic carbocycles. The molecule has 0 N–H and O–H groups in total. The van der Waals surface area contributed by atoms with E-state index in [1.807, 2.05) is 18.4 Å². The topological polar surface area (TPSA) is 49.2 Å². The van der Waals surface area contributed by atoms with E-state index in [0.29, 0.717) is 5.65 Å². The Morgan fingerprint density at radius 1 is 1.40 bits per heavy atom. The number of hydrogen-bond acceptors (Lipinski definition) is 4. The standard InChI is InChI=1S/C18H19ClFN3O2/c1-9-4-5-18-10(9)6-12(14(18)24-17(2,3)25-18)23-7-11(20)13-15(19)21-8-22-16(13)23/h7-8,10,12,14H,1,4-6H2,2-3H3/t10-,12-,14+,18-/m1/s1. The molecule has 0 bridgehead atoms. The summed E-state index contributed by atoms with van der Waals surface area (Å²) in [6.07, 6.45) is 5.28. The number of rotatable bonds is 1. The van der Waals surface area contributed by atoms with Crippen LogP contribution in [0.3, 0.4) is 0 Å². The van der Waals surface area contributed by atoms with Gasteiger partial charge in [-0.15, -0.1) is 0 Å². The molecule has 4 atom stereocenters. The van der Waals surface area contributed by atoms with Crippen LogP contribution in [-0.2, 0) is 9.47 Å². The van der Waals surface area contributed by atoms with Gasteiger partial charge in [0, 0.05) is 12.1 Å². The maximum Gasteiger partial charge on any atom is 0.164 e. The fraction of sp³-hybridized carbons (Fsp3) is 0.556. The van der Waals surface area contributed by atoms with E-state index >= 15 is 0 Å². The van der Waals surface area contributed by atoms with Crippen LogP contribution in [0.25, 0.3) is 11.0 Å². The number of hydrogen-bond donors (Lipinski definition) is 0. The number of fused-ring (bicyclic) bond motifs is 1. The minimum absolute atomic E-state index is 0.0817. The molecule has 1 saturated heterocycles. The van der Waals surface area contributed by atoms with Crippen LogP contribution in [0.5, 0.6) is 0 Å². The van der Waals surface area contributed by atoms with Crippen LogP contribution in [0, 0.1) is 11.7 Å². The van der Waals surface area contributed by atoms with Crippen LogP contribution < -0.4 is 0 Å². The van der Waals surface area contributed by atoms with E-state index in [0.717, 1.165) is 19.3 Å². The molecule has 25 heavy (non-hydrogen) atoms. The number of ether oxygens (including phenoxy) is 2. The van der Waals surface area contributed by atoms with Gasteiger partial charge in [0.05, 0.1) is 11.4 Å². The fourth-order valence-electron chi connectivity index (χ4n) is 5.11. The highest BCUT2D eigenvalue weighted by Gasteiger charge is 2.67. The van der Waals surface area contributed by atoms with Crippen molar-refractivity contribution in [1.82, 2.24) is 14.5 Å². The zero-order chi connectivity index (χ0) is 17.6. The third-order valence-corrected chi connectivity index (χ3v) is 6.24. The van der Waals surface area contributed by atoms with E-state index in [1.54, 1.807) is 0 Å². The summed E-state index contributed by atoms with van der Waals surface area (Å²) in [5.74, 6) is -0.869. The van der Waals surface area contributed by atoms with E-state index in [1.165, 1.54) is 18.1 Å². The van der Waals surface area contributed by atoms with Crippen LogP contribution in [0.4, 0.5) is 4.39 Å². The van der Waals surface area contributed by atoms with Gasteiger partial charge >= 0.3 is 0 Å². The maximum atomic E-state index is 14.5. The van der Waals surface area contributed by atoms with E-state index in [4.69, 9.17) is 21.1 Å². The normalized spacial score (nSPS) is 36.2. The monoisotopic (exact) mass is 363 g/mol. The molecule has 3 heterocycles. The zero-order valence-electron chi connectivity index (χ0n) is 14.1. The molecular formula is C18H19ClFN3O2. The molecular weight excluding hydrogens is 345 g/mol. The predicted octanol–water partition coefficient (Wildman–Crippen LogP) is 4.03. The molecule has 1 spiro atoms. The molecule has 5 nitrogen and oxygen atoms in total. The average molecular weight is 364 g/mol. The maximum absolute atomic E-state index is 14.5. The molecule has 2 aromatic heterocycles. The molecule has 2 saturated carbocycles. The van der Waals surface area contributed by atoms with Gasteiger partial charge in [0.2, 0.25) is 0 Å². The minimum atomic E-state index is -0.666. The molecule has 3 aliphatic rings. The van der Waals surface area contributed by atoms with Crippen molar-refractivity contribution in [2.75, 3.05) is 0 Å². The van der Waals surface area contributed by atoms with Gasteiger partial charge in [-0.3, -0.25) is 0 Å². The number of halogens is 2. The van der Waals surface area contributed by atoms with Crippen molar-refractivity contribution >= 4 is 22.6 Å². The van der Waals surface area contributed by atoms with Gasteiger partial charge in [-0.05, 0) is 33.1 Å². The number of aromatic nitrogens is 3. The molecule has 0 amide bonds. The van der Waals surface area contributed by atoms with Crippen molar-refractivity contribution in [1.29, 1.82) is 0 Å². The van der Waals surface area contributed by atoms with Gasteiger partial charge in [0.1, 0.15) is 28.8 Å². The summed E-state index contributed by atoms with van der Waals surface area (Å²) in [6.45, 7) is 8.11. The van der Waals surface area contributed by atoms with Gasteiger partial charge in [0.15, 0.2) is 11.6 Å². The molecule has 0 unspecified atom stereocenters. The molecule has 132 valence electrons. The molecule has 2 aliphatic carbocycles. The Balaban J connectivity index is 1.67. The Bertz CT molecular complexity index is 911. The summed E-state index contributed by atoms with van der Waals surface area (Å²) >= 11 is 6.08. The second kappa shape index (κ2) is 4.81. The number of nitrogens with zero attached hydrogens (tertiary/aromatic N) is 3. The Labute approximate surface area is 149 Å². The highest BCUT2D eigenvalue weighted by atomic mass is 35.5. The lowest BCUT2D eigenvalue weighted by Gasteiger charge is -2.28. The van der Waals surface area contributed by atoms with Crippen molar-refractivity contribution in [3.8, 4) is 0 Å². The van der Waals surface area contributed by atoms with E-state index in [9.17, 15) is 4.39 Å². The Morgan fingerprint density at radius 3 is 3.00 bits per heavy atom. The second-order valence-electron chi connectivity index (χ2n) is 7.76. The largest absolute Gasteiger partial charge is 0.342 e. The third kappa shape index (κ3) is 1.96. The Kier molecular flexibility index (Phi) is 3.03. The quantitative estimate of drug-likeness (QED) is 0.567. The van der Waals surface area contributed by atoms with Crippen LogP contribution in [0.1, 0.15) is 39.2 Å². The highest BCUT2D eigenvalue weighted by Crippen LogP contribution is 2.62. The molecule has 3 fully saturated rings. The lowest BCUT2D eigenvalue weighted by Crippen LogP contribution is -2.40. The molecule has 7 heteroatoms. The van der Waals surface area contributed by atoms with Crippen LogP contribution in [0.15, 0.2) is 24.7 Å². The summed E-state index contributed by atoms with van der Waals surface area (Å²) in [5, 5.41) is 0.384. The van der Waals surface area contributed by atoms with Crippen LogP contribution >= 0.6 is 11.6 Å². The van der Waals surface area contributed by atoms with E-state index in [2.05, 4.69) is 16.5 Å². The van der Waals surface area contributed by atoms with Gasteiger partial charge < -0.3 is 14.0 Å². The Morgan fingerprint density at radius 2 is 2.20 bits per heavy atom. The lowest BCUT2D eigenvalue weighted by atomic mass is 9.91. The van der Waals surface area contributed by atoms with Crippen molar-refractivity contribution in [3.63, 3.8) is 0 Å². The van der Waals surface area contributed by atoms with E-state index in [-0.39, 0.29) is 34.2 Å². The molecule has 2 aromatic rings. The van der Waals surface area contributed by atoms with Crippen LogP contribution in [0.2, 0.25) is 5.15 Å². The Hall–Kier alpha value is -1.50. The lowest BCUT2D eigenvalue weighted by molar-refractivity contribution is -0.174. The first-order valence-electron chi connectivity index (χ1n) is 8.54. The first kappa shape index (κ1) is 15.7. The predicted molar refractivity (Wildman–Crippen MR) is 90.8 cm³/mol. The zero-order valence-corrected chi connectivity index (χ0v) is 14.9. The summed E-state index contributed by atoms with van der Waals surface area (Å²) < 4.78 is 29.1. The first-order valence-corrected chi connectivity index (χ1v) is 8.92. The van der Waals surface area contributed by atoms with Gasteiger partial charge in [-0.1, -0.05) is 23.8 Å². The summed E-state index contributed by atoms with van der Waals surface area (Å²) in [6, 6.07) is -0.0817. The van der Waals surface area contributed by atoms with Crippen molar-refractivity contribution in [2.24, 2.45) is 5.92 Å². The van der Waals surface area contributed by atoms with Crippen LogP contribution in [-0.4, -0.2) is 32.0 Å². The molecule has 0 radical (unpaired) electrons. The summed E-state index contributed by atoms with van der Waals surface area (Å²) in [7, 11) is 0. The average Bonchev–Trinajstić information content (AvgIpc) is 3.18.